The Hall–Kier alpha value is -1.63. The van der Waals surface area contributed by atoms with Crippen LogP contribution in [0.4, 0.5) is 5.69 Å². The molecule has 5 nitrogen and oxygen atoms in total. The van der Waals surface area contributed by atoms with Crippen molar-refractivity contribution in [1.29, 1.82) is 0 Å². The third-order valence-corrected chi connectivity index (χ3v) is 5.67. The van der Waals surface area contributed by atoms with Crippen LogP contribution in [0, 0.1) is 0 Å². The van der Waals surface area contributed by atoms with Crippen LogP contribution in [0.15, 0.2) is 48.5 Å². The zero-order valence-electron chi connectivity index (χ0n) is 15.4. The van der Waals surface area contributed by atoms with Gasteiger partial charge < -0.3 is 14.8 Å². The Balaban J connectivity index is 1.55. The third kappa shape index (κ3) is 4.34. The van der Waals surface area contributed by atoms with E-state index in [-0.39, 0.29) is 5.91 Å². The number of amides is 1. The molecule has 0 saturated carbocycles. The molecule has 2 saturated heterocycles. The number of ether oxygens (including phenoxy) is 2. The number of carbonyl (C=O) groups excluding carboxylic acids is 1. The lowest BCUT2D eigenvalue weighted by Gasteiger charge is -2.40. The van der Waals surface area contributed by atoms with Gasteiger partial charge in [-0.1, -0.05) is 53.5 Å². The summed E-state index contributed by atoms with van der Waals surface area (Å²) in [6.45, 7) is 2.70. The number of anilines is 1. The Morgan fingerprint density at radius 1 is 1.00 bits per heavy atom. The predicted molar refractivity (Wildman–Crippen MR) is 110 cm³/mol. The molecule has 28 heavy (non-hydrogen) atoms. The van der Waals surface area contributed by atoms with Gasteiger partial charge in [0.25, 0.3) is 0 Å². The topological polar surface area (TPSA) is 50.8 Å². The highest BCUT2D eigenvalue weighted by atomic mass is 35.5. The minimum absolute atomic E-state index is 0.117. The minimum atomic E-state index is -0.477. The number of halogens is 2. The second-order valence-electron chi connectivity index (χ2n) is 7.10. The Labute approximate surface area is 174 Å². The first kappa shape index (κ1) is 19.7. The molecule has 0 aliphatic carbocycles. The Morgan fingerprint density at radius 2 is 1.61 bits per heavy atom. The maximum absolute atomic E-state index is 13.2. The van der Waals surface area contributed by atoms with Crippen molar-refractivity contribution in [1.82, 2.24) is 4.90 Å². The van der Waals surface area contributed by atoms with Crippen molar-refractivity contribution >= 4 is 34.8 Å². The van der Waals surface area contributed by atoms with Crippen molar-refractivity contribution in [3.8, 4) is 0 Å². The highest BCUT2D eigenvalue weighted by molar-refractivity contribution is 6.35. The summed E-state index contributed by atoms with van der Waals surface area (Å²) in [6, 6.07) is 14.4. The number of hydrogen-bond donors (Lipinski definition) is 1. The number of rotatable bonds is 4. The standard InChI is InChI=1S/C21H22Cl2N2O3/c22-16-12-17(23)14-18(13-16)24-20(26)19(15-4-2-1-3-5-15)25-8-6-21(7-9-25)27-10-11-28-21/h1-5,12-14,19H,6-11H2,(H,24,26). The fourth-order valence-corrected chi connectivity index (χ4v) is 4.43. The summed E-state index contributed by atoms with van der Waals surface area (Å²) in [6.07, 6.45) is 1.49. The van der Waals surface area contributed by atoms with Crippen LogP contribution in [-0.4, -0.2) is 42.9 Å². The molecule has 2 heterocycles. The molecule has 148 valence electrons. The van der Waals surface area contributed by atoms with Crippen molar-refractivity contribution < 1.29 is 14.3 Å². The molecule has 1 unspecified atom stereocenters. The smallest absolute Gasteiger partial charge is 0.246 e. The molecule has 0 aromatic heterocycles. The molecule has 2 fully saturated rings. The lowest BCUT2D eigenvalue weighted by atomic mass is 9.97. The lowest BCUT2D eigenvalue weighted by molar-refractivity contribution is -0.188. The number of benzene rings is 2. The van der Waals surface area contributed by atoms with Crippen molar-refractivity contribution in [2.24, 2.45) is 0 Å². The zero-order chi connectivity index (χ0) is 19.6. The summed E-state index contributed by atoms with van der Waals surface area (Å²) in [5.74, 6) is -0.594. The third-order valence-electron chi connectivity index (χ3n) is 5.23. The van der Waals surface area contributed by atoms with Crippen molar-refractivity contribution in [2.75, 3.05) is 31.6 Å². The van der Waals surface area contributed by atoms with E-state index in [4.69, 9.17) is 32.7 Å². The summed E-state index contributed by atoms with van der Waals surface area (Å²) >= 11 is 12.1. The van der Waals surface area contributed by atoms with Crippen molar-refractivity contribution in [3.05, 3.63) is 64.1 Å². The maximum Gasteiger partial charge on any atom is 0.246 e. The highest BCUT2D eigenvalue weighted by Crippen LogP contribution is 2.35. The van der Waals surface area contributed by atoms with E-state index < -0.39 is 11.8 Å². The van der Waals surface area contributed by atoms with Crippen LogP contribution in [0.5, 0.6) is 0 Å². The fraction of sp³-hybridized carbons (Fsp3) is 0.381. The molecular formula is C21H22Cl2N2O3. The normalized spacial score (nSPS) is 20.2. The predicted octanol–water partition coefficient (Wildman–Crippen LogP) is 4.51. The highest BCUT2D eigenvalue weighted by Gasteiger charge is 2.42. The number of carbonyl (C=O) groups is 1. The van der Waals surface area contributed by atoms with Crippen molar-refractivity contribution in [3.63, 3.8) is 0 Å². The van der Waals surface area contributed by atoms with E-state index >= 15 is 0 Å². The van der Waals surface area contributed by atoms with Crippen LogP contribution in [0.1, 0.15) is 24.4 Å². The van der Waals surface area contributed by atoms with Crippen LogP contribution in [0.2, 0.25) is 10.0 Å². The second kappa shape index (κ2) is 8.39. The number of hydrogen-bond acceptors (Lipinski definition) is 4. The molecule has 2 aromatic carbocycles. The summed E-state index contributed by atoms with van der Waals surface area (Å²) < 4.78 is 11.6. The first-order valence-electron chi connectivity index (χ1n) is 9.39. The van der Waals surface area contributed by atoms with Gasteiger partial charge in [0, 0.05) is 41.7 Å². The summed E-state index contributed by atoms with van der Waals surface area (Å²) in [5.41, 5.74) is 1.52. The second-order valence-corrected chi connectivity index (χ2v) is 7.98. The molecule has 1 N–H and O–H groups in total. The van der Waals surface area contributed by atoms with Gasteiger partial charge >= 0.3 is 0 Å². The summed E-state index contributed by atoms with van der Waals surface area (Å²) in [5, 5.41) is 3.93. The summed E-state index contributed by atoms with van der Waals surface area (Å²) in [4.78, 5) is 15.4. The van der Waals surface area contributed by atoms with Crippen LogP contribution in [0.25, 0.3) is 0 Å². The van der Waals surface area contributed by atoms with Gasteiger partial charge in [-0.3, -0.25) is 9.69 Å². The molecular weight excluding hydrogens is 399 g/mol. The number of nitrogens with zero attached hydrogens (tertiary/aromatic N) is 1. The van der Waals surface area contributed by atoms with Crippen LogP contribution >= 0.6 is 23.2 Å². The molecule has 0 bridgehead atoms. The van der Waals surface area contributed by atoms with E-state index in [1.54, 1.807) is 18.2 Å². The minimum Gasteiger partial charge on any atom is -0.347 e. The Bertz CT molecular complexity index is 811. The molecule has 1 atom stereocenters. The monoisotopic (exact) mass is 420 g/mol. The SMILES string of the molecule is O=C(Nc1cc(Cl)cc(Cl)c1)C(c1ccccc1)N1CCC2(CC1)OCCO2. The molecule has 1 amide bonds. The van der Waals surface area contributed by atoms with E-state index in [2.05, 4.69) is 10.2 Å². The van der Waals surface area contributed by atoms with E-state index in [9.17, 15) is 4.79 Å². The summed E-state index contributed by atoms with van der Waals surface area (Å²) in [7, 11) is 0. The molecule has 2 aromatic rings. The van der Waals surface area contributed by atoms with E-state index in [1.807, 2.05) is 30.3 Å². The molecule has 2 aliphatic heterocycles. The van der Waals surface area contributed by atoms with Gasteiger partial charge in [0.05, 0.1) is 13.2 Å². The van der Waals surface area contributed by atoms with Gasteiger partial charge in [0.15, 0.2) is 5.79 Å². The molecule has 0 radical (unpaired) electrons. The van der Waals surface area contributed by atoms with E-state index in [0.717, 1.165) is 18.4 Å². The van der Waals surface area contributed by atoms with Gasteiger partial charge in [-0.2, -0.15) is 0 Å². The lowest BCUT2D eigenvalue weighted by Crippen LogP contribution is -2.48. The van der Waals surface area contributed by atoms with Gasteiger partial charge in [-0.25, -0.2) is 0 Å². The average molecular weight is 421 g/mol. The number of piperidine rings is 1. The molecule has 4 rings (SSSR count). The maximum atomic E-state index is 13.2. The van der Waals surface area contributed by atoms with E-state index in [0.29, 0.717) is 42.0 Å². The number of nitrogens with one attached hydrogen (secondary N) is 1. The Morgan fingerprint density at radius 3 is 2.21 bits per heavy atom. The van der Waals surface area contributed by atoms with Gasteiger partial charge in [0.1, 0.15) is 6.04 Å². The average Bonchev–Trinajstić information content (AvgIpc) is 3.12. The first-order chi connectivity index (χ1) is 13.5. The Kier molecular flexibility index (Phi) is 5.90. The molecule has 7 heteroatoms. The van der Waals surface area contributed by atoms with Gasteiger partial charge in [0.2, 0.25) is 5.91 Å². The van der Waals surface area contributed by atoms with Gasteiger partial charge in [-0.05, 0) is 23.8 Å². The van der Waals surface area contributed by atoms with Gasteiger partial charge in [-0.15, -0.1) is 0 Å². The fourth-order valence-electron chi connectivity index (χ4n) is 3.91. The van der Waals surface area contributed by atoms with Crippen LogP contribution in [0.3, 0.4) is 0 Å². The van der Waals surface area contributed by atoms with Crippen LogP contribution in [-0.2, 0) is 14.3 Å². The van der Waals surface area contributed by atoms with Crippen molar-refractivity contribution in [2.45, 2.75) is 24.7 Å². The molecule has 1 spiro atoms. The molecule has 2 aliphatic rings. The first-order valence-corrected chi connectivity index (χ1v) is 10.1. The number of likely N-dealkylation sites (tertiary alicyclic amines) is 1. The van der Waals surface area contributed by atoms with E-state index in [1.165, 1.54) is 0 Å². The van der Waals surface area contributed by atoms with Crippen LogP contribution < -0.4 is 5.32 Å². The zero-order valence-corrected chi connectivity index (χ0v) is 16.9. The largest absolute Gasteiger partial charge is 0.347 e. The quantitative estimate of drug-likeness (QED) is 0.789.